The molecule has 94 valence electrons. The summed E-state index contributed by atoms with van der Waals surface area (Å²) in [6.45, 7) is 6.97. The molecule has 0 aliphatic heterocycles. The SMILES string of the molecule is CCCN(c1cc(C(=O)O)cc(Cl)n1)C(C)C. The van der Waals surface area contributed by atoms with Gasteiger partial charge in [-0.15, -0.1) is 0 Å². The lowest BCUT2D eigenvalue weighted by Crippen LogP contribution is -2.32. The van der Waals surface area contributed by atoms with E-state index in [9.17, 15) is 4.79 Å². The van der Waals surface area contributed by atoms with Crippen molar-refractivity contribution in [2.75, 3.05) is 11.4 Å². The van der Waals surface area contributed by atoms with Crippen LogP contribution in [-0.2, 0) is 0 Å². The maximum atomic E-state index is 11.0. The van der Waals surface area contributed by atoms with Gasteiger partial charge in [-0.2, -0.15) is 0 Å². The molecule has 17 heavy (non-hydrogen) atoms. The van der Waals surface area contributed by atoms with Crippen LogP contribution in [0.5, 0.6) is 0 Å². The highest BCUT2D eigenvalue weighted by atomic mass is 35.5. The number of aromatic nitrogens is 1. The fourth-order valence-corrected chi connectivity index (χ4v) is 1.84. The van der Waals surface area contributed by atoms with Crippen molar-refractivity contribution in [1.29, 1.82) is 0 Å². The highest BCUT2D eigenvalue weighted by Crippen LogP contribution is 2.20. The zero-order valence-electron chi connectivity index (χ0n) is 10.3. The maximum absolute atomic E-state index is 11.0. The number of nitrogens with zero attached hydrogens (tertiary/aromatic N) is 2. The van der Waals surface area contributed by atoms with Gasteiger partial charge in [0.2, 0.25) is 0 Å². The van der Waals surface area contributed by atoms with Gasteiger partial charge >= 0.3 is 5.97 Å². The fourth-order valence-electron chi connectivity index (χ4n) is 1.63. The van der Waals surface area contributed by atoms with Crippen molar-refractivity contribution in [3.8, 4) is 0 Å². The molecule has 5 heteroatoms. The lowest BCUT2D eigenvalue weighted by Gasteiger charge is -2.27. The Kier molecular flexibility index (Phi) is 4.75. The van der Waals surface area contributed by atoms with Gasteiger partial charge in [-0.25, -0.2) is 9.78 Å². The van der Waals surface area contributed by atoms with E-state index < -0.39 is 5.97 Å². The summed E-state index contributed by atoms with van der Waals surface area (Å²) < 4.78 is 0. The van der Waals surface area contributed by atoms with Gasteiger partial charge in [0, 0.05) is 12.6 Å². The highest BCUT2D eigenvalue weighted by molar-refractivity contribution is 6.29. The molecule has 1 heterocycles. The van der Waals surface area contributed by atoms with E-state index in [1.165, 1.54) is 6.07 Å². The van der Waals surface area contributed by atoms with Crippen molar-refractivity contribution >= 4 is 23.4 Å². The van der Waals surface area contributed by atoms with Gasteiger partial charge in [0.15, 0.2) is 0 Å². The first-order chi connectivity index (χ1) is 7.95. The van der Waals surface area contributed by atoms with Gasteiger partial charge in [0.05, 0.1) is 5.56 Å². The second kappa shape index (κ2) is 5.87. The minimum absolute atomic E-state index is 0.168. The number of hydrogen-bond acceptors (Lipinski definition) is 3. The van der Waals surface area contributed by atoms with Gasteiger partial charge in [0.25, 0.3) is 0 Å². The van der Waals surface area contributed by atoms with E-state index in [1.807, 2.05) is 18.7 Å². The molecule has 0 aromatic carbocycles. The molecule has 0 atom stereocenters. The largest absolute Gasteiger partial charge is 0.478 e. The maximum Gasteiger partial charge on any atom is 0.335 e. The van der Waals surface area contributed by atoms with Crippen molar-refractivity contribution in [3.05, 3.63) is 22.8 Å². The molecular formula is C12H17ClN2O2. The fraction of sp³-hybridized carbons (Fsp3) is 0.500. The molecule has 0 spiro atoms. The van der Waals surface area contributed by atoms with E-state index in [-0.39, 0.29) is 16.8 Å². The van der Waals surface area contributed by atoms with Crippen LogP contribution in [0.15, 0.2) is 12.1 Å². The molecule has 0 radical (unpaired) electrons. The Labute approximate surface area is 106 Å². The van der Waals surface area contributed by atoms with Crippen molar-refractivity contribution in [1.82, 2.24) is 4.98 Å². The number of halogens is 1. The lowest BCUT2D eigenvalue weighted by atomic mass is 10.2. The van der Waals surface area contributed by atoms with Crippen LogP contribution >= 0.6 is 11.6 Å². The third-order valence-electron chi connectivity index (χ3n) is 2.41. The molecule has 0 fully saturated rings. The number of anilines is 1. The minimum atomic E-state index is -0.990. The summed E-state index contributed by atoms with van der Waals surface area (Å²) in [5.41, 5.74) is 0.168. The summed E-state index contributed by atoms with van der Waals surface area (Å²) in [7, 11) is 0. The molecule has 1 aromatic rings. The third kappa shape index (κ3) is 3.60. The number of carbonyl (C=O) groups is 1. The van der Waals surface area contributed by atoms with E-state index in [0.29, 0.717) is 5.82 Å². The Balaban J connectivity index is 3.14. The van der Waals surface area contributed by atoms with E-state index in [0.717, 1.165) is 13.0 Å². The Morgan fingerprint density at radius 3 is 2.65 bits per heavy atom. The van der Waals surface area contributed by atoms with Crippen LogP contribution in [0.2, 0.25) is 5.15 Å². The molecule has 4 nitrogen and oxygen atoms in total. The zero-order chi connectivity index (χ0) is 13.0. The van der Waals surface area contributed by atoms with E-state index in [1.54, 1.807) is 6.07 Å². The van der Waals surface area contributed by atoms with Crippen LogP contribution < -0.4 is 4.90 Å². The van der Waals surface area contributed by atoms with Crippen LogP contribution in [0.1, 0.15) is 37.6 Å². The first-order valence-electron chi connectivity index (χ1n) is 5.63. The predicted molar refractivity (Wildman–Crippen MR) is 69.0 cm³/mol. The number of carboxylic acid groups (broad SMARTS) is 1. The number of hydrogen-bond donors (Lipinski definition) is 1. The average molecular weight is 257 g/mol. The quantitative estimate of drug-likeness (QED) is 0.823. The Morgan fingerprint density at radius 1 is 1.53 bits per heavy atom. The standard InChI is InChI=1S/C12H17ClN2O2/c1-4-5-15(8(2)3)11-7-9(12(16)17)6-10(13)14-11/h6-8H,4-5H2,1-3H3,(H,16,17). The molecule has 1 rings (SSSR count). The third-order valence-corrected chi connectivity index (χ3v) is 2.60. The van der Waals surface area contributed by atoms with Crippen LogP contribution in [0.3, 0.4) is 0 Å². The van der Waals surface area contributed by atoms with Gasteiger partial charge in [-0.05, 0) is 32.4 Å². The van der Waals surface area contributed by atoms with Crippen LogP contribution in [0.4, 0.5) is 5.82 Å². The second-order valence-corrected chi connectivity index (χ2v) is 4.52. The number of carboxylic acids is 1. The summed E-state index contributed by atoms with van der Waals surface area (Å²) in [6, 6.07) is 3.17. The summed E-state index contributed by atoms with van der Waals surface area (Å²) >= 11 is 5.84. The van der Waals surface area contributed by atoms with E-state index >= 15 is 0 Å². The first kappa shape index (κ1) is 13.8. The minimum Gasteiger partial charge on any atom is -0.478 e. The van der Waals surface area contributed by atoms with Gasteiger partial charge in [-0.1, -0.05) is 18.5 Å². The molecule has 0 aliphatic carbocycles. The Hall–Kier alpha value is -1.29. The van der Waals surface area contributed by atoms with Crippen molar-refractivity contribution in [2.24, 2.45) is 0 Å². The highest BCUT2D eigenvalue weighted by Gasteiger charge is 2.14. The molecular weight excluding hydrogens is 240 g/mol. The topological polar surface area (TPSA) is 53.4 Å². The Bertz CT molecular complexity index is 407. The van der Waals surface area contributed by atoms with Crippen molar-refractivity contribution in [3.63, 3.8) is 0 Å². The van der Waals surface area contributed by atoms with E-state index in [4.69, 9.17) is 16.7 Å². The number of rotatable bonds is 5. The number of pyridine rings is 1. The molecule has 1 N–H and O–H groups in total. The number of aromatic carboxylic acids is 1. The van der Waals surface area contributed by atoms with Crippen molar-refractivity contribution < 1.29 is 9.90 Å². The van der Waals surface area contributed by atoms with Crippen LogP contribution in [0.25, 0.3) is 0 Å². The normalized spacial score (nSPS) is 10.6. The predicted octanol–water partition coefficient (Wildman–Crippen LogP) is 3.06. The molecule has 0 bridgehead atoms. The van der Waals surface area contributed by atoms with Crippen molar-refractivity contribution in [2.45, 2.75) is 33.2 Å². The molecule has 0 saturated heterocycles. The summed E-state index contributed by atoms with van der Waals surface area (Å²) in [6.07, 6.45) is 0.967. The monoisotopic (exact) mass is 256 g/mol. The van der Waals surface area contributed by atoms with Gasteiger partial charge in [0.1, 0.15) is 11.0 Å². The summed E-state index contributed by atoms with van der Waals surface area (Å²) in [5.74, 6) is -0.373. The van der Waals surface area contributed by atoms with Gasteiger partial charge in [-0.3, -0.25) is 0 Å². The van der Waals surface area contributed by atoms with Gasteiger partial charge < -0.3 is 10.0 Å². The molecule has 0 saturated carbocycles. The van der Waals surface area contributed by atoms with E-state index in [2.05, 4.69) is 11.9 Å². The zero-order valence-corrected chi connectivity index (χ0v) is 11.0. The average Bonchev–Trinajstić information content (AvgIpc) is 2.24. The van der Waals surface area contributed by atoms with Crippen LogP contribution in [-0.4, -0.2) is 28.6 Å². The lowest BCUT2D eigenvalue weighted by molar-refractivity contribution is 0.0696. The molecule has 0 aliphatic rings. The first-order valence-corrected chi connectivity index (χ1v) is 6.01. The summed E-state index contributed by atoms with van der Waals surface area (Å²) in [4.78, 5) is 17.2. The molecule has 0 unspecified atom stereocenters. The molecule has 0 amide bonds. The summed E-state index contributed by atoms with van der Waals surface area (Å²) in [5, 5.41) is 9.19. The van der Waals surface area contributed by atoms with Crippen LogP contribution in [0, 0.1) is 0 Å². The smallest absolute Gasteiger partial charge is 0.335 e. The molecule has 1 aromatic heterocycles. The second-order valence-electron chi connectivity index (χ2n) is 4.13. The Morgan fingerprint density at radius 2 is 2.18 bits per heavy atom.